The Morgan fingerprint density at radius 2 is 2.09 bits per heavy atom. The number of hydrogen-bond acceptors (Lipinski definition) is 4. The van der Waals surface area contributed by atoms with Gasteiger partial charge in [0.25, 0.3) is 0 Å². The van der Waals surface area contributed by atoms with Crippen LogP contribution in [0.5, 0.6) is 5.75 Å². The van der Waals surface area contributed by atoms with Crippen LogP contribution in [0.4, 0.5) is 0 Å². The highest BCUT2D eigenvalue weighted by molar-refractivity contribution is 5.78. The van der Waals surface area contributed by atoms with Gasteiger partial charge in [0, 0.05) is 19.1 Å². The highest BCUT2D eigenvalue weighted by Gasteiger charge is 2.25. The maximum absolute atomic E-state index is 12.4. The van der Waals surface area contributed by atoms with Gasteiger partial charge in [0.15, 0.2) is 0 Å². The molecular formula is C18H28N2O3. The molecule has 0 aromatic heterocycles. The van der Waals surface area contributed by atoms with Crippen LogP contribution in [0.15, 0.2) is 24.3 Å². The van der Waals surface area contributed by atoms with E-state index < -0.39 is 0 Å². The van der Waals surface area contributed by atoms with Crippen LogP contribution in [0.1, 0.15) is 39.3 Å². The molecule has 3 unspecified atom stereocenters. The quantitative estimate of drug-likeness (QED) is 0.874. The average molecular weight is 320 g/mol. The van der Waals surface area contributed by atoms with Crippen LogP contribution in [0.3, 0.4) is 0 Å². The summed E-state index contributed by atoms with van der Waals surface area (Å²) in [6.07, 6.45) is 0.200. The molecule has 5 nitrogen and oxygen atoms in total. The Hall–Kier alpha value is -1.59. The van der Waals surface area contributed by atoms with E-state index in [1.165, 1.54) is 0 Å². The van der Waals surface area contributed by atoms with Crippen molar-refractivity contribution >= 4 is 5.91 Å². The molecule has 0 saturated carbocycles. The zero-order valence-electron chi connectivity index (χ0n) is 14.5. The molecule has 2 rings (SSSR count). The van der Waals surface area contributed by atoms with Crippen molar-refractivity contribution in [3.8, 4) is 5.75 Å². The molecule has 1 heterocycles. The summed E-state index contributed by atoms with van der Waals surface area (Å²) in [4.78, 5) is 14.3. The van der Waals surface area contributed by atoms with Crippen molar-refractivity contribution in [2.75, 3.05) is 26.2 Å². The first-order chi connectivity index (χ1) is 11.0. The molecule has 0 bridgehead atoms. The summed E-state index contributed by atoms with van der Waals surface area (Å²) in [5.74, 6) is 0.987. The van der Waals surface area contributed by atoms with Crippen LogP contribution < -0.4 is 10.1 Å². The molecule has 1 aliphatic heterocycles. The van der Waals surface area contributed by atoms with Gasteiger partial charge in [-0.3, -0.25) is 4.79 Å². The maximum atomic E-state index is 12.4. The van der Waals surface area contributed by atoms with Gasteiger partial charge in [0.2, 0.25) is 5.91 Å². The molecule has 1 aromatic rings. The fraction of sp³-hybridized carbons (Fsp3) is 0.611. The van der Waals surface area contributed by atoms with E-state index in [4.69, 9.17) is 9.47 Å². The largest absolute Gasteiger partial charge is 0.494 e. The van der Waals surface area contributed by atoms with E-state index >= 15 is 0 Å². The topological polar surface area (TPSA) is 50.8 Å². The highest BCUT2D eigenvalue weighted by atomic mass is 16.5. The third-order valence-corrected chi connectivity index (χ3v) is 4.00. The summed E-state index contributed by atoms with van der Waals surface area (Å²) in [5, 5.41) is 3.31. The standard InChI is InChI=1S/C18H28N2O3/c1-5-22-17-8-6-7-16(9-17)15(4)19-10-18(21)20-11-13(2)23-14(3)12-20/h6-9,13-15,19H,5,10-12H2,1-4H3. The van der Waals surface area contributed by atoms with E-state index in [1.807, 2.05) is 49.9 Å². The summed E-state index contributed by atoms with van der Waals surface area (Å²) in [7, 11) is 0. The van der Waals surface area contributed by atoms with Crippen molar-refractivity contribution in [1.29, 1.82) is 0 Å². The first kappa shape index (κ1) is 17.8. The Kier molecular flexibility index (Phi) is 6.42. The molecule has 1 fully saturated rings. The Bertz CT molecular complexity index is 511. The second-order valence-electron chi connectivity index (χ2n) is 6.16. The van der Waals surface area contributed by atoms with Crippen molar-refractivity contribution in [2.24, 2.45) is 0 Å². The first-order valence-electron chi connectivity index (χ1n) is 8.39. The number of amides is 1. The van der Waals surface area contributed by atoms with Crippen molar-refractivity contribution < 1.29 is 14.3 Å². The fourth-order valence-corrected chi connectivity index (χ4v) is 2.89. The van der Waals surface area contributed by atoms with Crippen LogP contribution in [-0.4, -0.2) is 49.3 Å². The van der Waals surface area contributed by atoms with E-state index in [-0.39, 0.29) is 24.2 Å². The van der Waals surface area contributed by atoms with E-state index in [2.05, 4.69) is 12.2 Å². The molecule has 0 aliphatic carbocycles. The monoisotopic (exact) mass is 320 g/mol. The highest BCUT2D eigenvalue weighted by Crippen LogP contribution is 2.19. The lowest BCUT2D eigenvalue weighted by molar-refractivity contribution is -0.142. The zero-order chi connectivity index (χ0) is 16.8. The predicted molar refractivity (Wildman–Crippen MR) is 90.6 cm³/mol. The Morgan fingerprint density at radius 3 is 2.74 bits per heavy atom. The fourth-order valence-electron chi connectivity index (χ4n) is 2.89. The van der Waals surface area contributed by atoms with Crippen molar-refractivity contribution in [2.45, 2.75) is 45.9 Å². The summed E-state index contributed by atoms with van der Waals surface area (Å²) >= 11 is 0. The molecular weight excluding hydrogens is 292 g/mol. The van der Waals surface area contributed by atoms with Gasteiger partial charge in [-0.1, -0.05) is 12.1 Å². The molecule has 1 aliphatic rings. The van der Waals surface area contributed by atoms with Crippen LogP contribution in [0.2, 0.25) is 0 Å². The smallest absolute Gasteiger partial charge is 0.236 e. The second kappa shape index (κ2) is 8.31. The van der Waals surface area contributed by atoms with Crippen LogP contribution in [-0.2, 0) is 9.53 Å². The van der Waals surface area contributed by atoms with Crippen LogP contribution >= 0.6 is 0 Å². The summed E-state index contributed by atoms with van der Waals surface area (Å²) < 4.78 is 11.2. The molecule has 5 heteroatoms. The minimum absolute atomic E-state index is 0.0928. The van der Waals surface area contributed by atoms with Gasteiger partial charge in [-0.2, -0.15) is 0 Å². The normalized spacial score (nSPS) is 22.7. The summed E-state index contributed by atoms with van der Waals surface area (Å²) in [6.45, 7) is 10.4. The molecule has 1 aromatic carbocycles. The summed E-state index contributed by atoms with van der Waals surface area (Å²) in [5.41, 5.74) is 1.12. The van der Waals surface area contributed by atoms with Crippen molar-refractivity contribution in [3.63, 3.8) is 0 Å². The average Bonchev–Trinajstić information content (AvgIpc) is 2.52. The zero-order valence-corrected chi connectivity index (χ0v) is 14.5. The number of hydrogen-bond donors (Lipinski definition) is 1. The second-order valence-corrected chi connectivity index (χ2v) is 6.16. The van der Waals surface area contributed by atoms with Gasteiger partial charge >= 0.3 is 0 Å². The number of carbonyl (C=O) groups excluding carboxylic acids is 1. The van der Waals surface area contributed by atoms with Gasteiger partial charge in [-0.15, -0.1) is 0 Å². The van der Waals surface area contributed by atoms with E-state index in [1.54, 1.807) is 0 Å². The lowest BCUT2D eigenvalue weighted by Gasteiger charge is -2.35. The molecule has 128 valence electrons. The van der Waals surface area contributed by atoms with E-state index in [0.29, 0.717) is 26.2 Å². The molecule has 1 amide bonds. The van der Waals surface area contributed by atoms with Gasteiger partial charge in [-0.05, 0) is 45.4 Å². The van der Waals surface area contributed by atoms with Crippen LogP contribution in [0.25, 0.3) is 0 Å². The number of nitrogens with zero attached hydrogens (tertiary/aromatic N) is 1. The number of rotatable bonds is 6. The Balaban J connectivity index is 1.87. The Morgan fingerprint density at radius 1 is 1.39 bits per heavy atom. The third-order valence-electron chi connectivity index (χ3n) is 4.00. The van der Waals surface area contributed by atoms with Gasteiger partial charge < -0.3 is 19.7 Å². The lowest BCUT2D eigenvalue weighted by atomic mass is 10.1. The maximum Gasteiger partial charge on any atom is 0.236 e. The third kappa shape index (κ3) is 5.22. The van der Waals surface area contributed by atoms with Crippen molar-refractivity contribution in [3.05, 3.63) is 29.8 Å². The molecule has 1 saturated heterocycles. The minimum Gasteiger partial charge on any atom is -0.494 e. The molecule has 0 spiro atoms. The minimum atomic E-state index is 0.0928. The molecule has 1 N–H and O–H groups in total. The molecule has 3 atom stereocenters. The van der Waals surface area contributed by atoms with Crippen molar-refractivity contribution in [1.82, 2.24) is 10.2 Å². The Labute approximate surface area is 139 Å². The lowest BCUT2D eigenvalue weighted by Crippen LogP contribution is -2.50. The SMILES string of the molecule is CCOc1cccc(C(C)NCC(=O)N2CC(C)OC(C)C2)c1. The van der Waals surface area contributed by atoms with Crippen LogP contribution in [0, 0.1) is 0 Å². The molecule has 23 heavy (non-hydrogen) atoms. The van der Waals surface area contributed by atoms with Gasteiger partial charge in [0.05, 0.1) is 25.4 Å². The number of nitrogens with one attached hydrogen (secondary N) is 1. The van der Waals surface area contributed by atoms with Gasteiger partial charge in [-0.25, -0.2) is 0 Å². The summed E-state index contributed by atoms with van der Waals surface area (Å²) in [6, 6.07) is 8.08. The predicted octanol–water partition coefficient (Wildman–Crippen LogP) is 2.37. The number of carbonyl (C=O) groups is 1. The number of ether oxygens (including phenoxy) is 2. The number of morpholine rings is 1. The first-order valence-corrected chi connectivity index (χ1v) is 8.39. The number of benzene rings is 1. The van der Waals surface area contributed by atoms with E-state index in [9.17, 15) is 4.79 Å². The molecule has 0 radical (unpaired) electrons. The van der Waals surface area contributed by atoms with Gasteiger partial charge in [0.1, 0.15) is 5.75 Å². The van der Waals surface area contributed by atoms with E-state index in [0.717, 1.165) is 11.3 Å².